The third kappa shape index (κ3) is 7.59. The zero-order chi connectivity index (χ0) is 17.8. The Balaban J connectivity index is 2.51. The van der Waals surface area contributed by atoms with Crippen LogP contribution in [0.4, 0.5) is 8.78 Å². The predicted octanol–water partition coefficient (Wildman–Crippen LogP) is 4.27. The van der Waals surface area contributed by atoms with Gasteiger partial charge in [0.2, 0.25) is 0 Å². The molecule has 0 aliphatic heterocycles. The molecule has 3 nitrogen and oxygen atoms in total. The van der Waals surface area contributed by atoms with Gasteiger partial charge in [0.05, 0.1) is 0 Å². The van der Waals surface area contributed by atoms with E-state index >= 15 is 0 Å². The number of hydrogen-bond acceptors (Lipinski definition) is 3. The van der Waals surface area contributed by atoms with Crippen LogP contribution in [0.15, 0.2) is 16.6 Å². The highest BCUT2D eigenvalue weighted by atomic mass is 79.9. The van der Waals surface area contributed by atoms with Gasteiger partial charge in [0, 0.05) is 16.6 Å². The number of rotatable bonds is 7. The lowest BCUT2D eigenvalue weighted by Gasteiger charge is -2.34. The summed E-state index contributed by atoms with van der Waals surface area (Å²) in [6, 6.07) is 2.24. The third-order valence-corrected chi connectivity index (χ3v) is 3.63. The normalized spacial score (nSPS) is 14.0. The van der Waals surface area contributed by atoms with Crippen molar-refractivity contribution in [3.63, 3.8) is 0 Å². The van der Waals surface area contributed by atoms with Crippen molar-refractivity contribution in [1.82, 2.24) is 5.32 Å². The number of aliphatic hydroxyl groups is 1. The van der Waals surface area contributed by atoms with Gasteiger partial charge in [0.25, 0.3) is 0 Å². The maximum atomic E-state index is 13.6. The summed E-state index contributed by atoms with van der Waals surface area (Å²) >= 11 is 3.00. The van der Waals surface area contributed by atoms with Crippen molar-refractivity contribution in [2.45, 2.75) is 52.7 Å². The Morgan fingerprint density at radius 2 is 1.70 bits per heavy atom. The second-order valence-electron chi connectivity index (χ2n) is 7.67. The summed E-state index contributed by atoms with van der Waals surface area (Å²) in [7, 11) is 0. The minimum atomic E-state index is -0.864. The second-order valence-corrected chi connectivity index (χ2v) is 8.58. The summed E-state index contributed by atoms with van der Waals surface area (Å²) in [4.78, 5) is 0. The standard InChI is InChI=1S/C17H26BrF2NO2/c1-16(2,3)10-17(4,5)21-8-12(22)9-23-15-13(19)6-11(18)7-14(15)20/h6-7,12,21-22H,8-10H2,1-5H3/t12-/m1/s1. The first-order chi connectivity index (χ1) is 10.4. The molecule has 23 heavy (non-hydrogen) atoms. The fourth-order valence-corrected chi connectivity index (χ4v) is 3.09. The molecule has 0 spiro atoms. The molecule has 0 aromatic heterocycles. The Morgan fingerprint density at radius 3 is 2.17 bits per heavy atom. The van der Waals surface area contributed by atoms with Crippen molar-refractivity contribution in [1.29, 1.82) is 0 Å². The zero-order valence-corrected chi connectivity index (χ0v) is 15.9. The molecule has 0 radical (unpaired) electrons. The highest BCUT2D eigenvalue weighted by molar-refractivity contribution is 9.10. The first kappa shape index (κ1) is 20.3. The van der Waals surface area contributed by atoms with Crippen LogP contribution in [0.1, 0.15) is 41.0 Å². The van der Waals surface area contributed by atoms with Crippen LogP contribution >= 0.6 is 15.9 Å². The van der Waals surface area contributed by atoms with Crippen molar-refractivity contribution in [2.24, 2.45) is 5.41 Å². The number of ether oxygens (including phenoxy) is 1. The molecule has 6 heteroatoms. The van der Waals surface area contributed by atoms with Crippen LogP contribution in [-0.4, -0.2) is 29.9 Å². The van der Waals surface area contributed by atoms with E-state index in [1.165, 1.54) is 0 Å². The number of halogens is 3. The van der Waals surface area contributed by atoms with Gasteiger partial charge in [0.15, 0.2) is 17.4 Å². The van der Waals surface area contributed by atoms with E-state index in [4.69, 9.17) is 4.74 Å². The molecule has 0 aliphatic rings. The average molecular weight is 394 g/mol. The van der Waals surface area contributed by atoms with E-state index in [9.17, 15) is 13.9 Å². The van der Waals surface area contributed by atoms with Gasteiger partial charge in [-0.05, 0) is 37.8 Å². The highest BCUT2D eigenvalue weighted by Gasteiger charge is 2.25. The van der Waals surface area contributed by atoms with Crippen LogP contribution < -0.4 is 10.1 Å². The molecule has 0 bridgehead atoms. The summed E-state index contributed by atoms with van der Waals surface area (Å²) in [5.74, 6) is -2.07. The lowest BCUT2D eigenvalue weighted by molar-refractivity contribution is 0.0904. The quantitative estimate of drug-likeness (QED) is 0.726. The minimum absolute atomic E-state index is 0.154. The number of β-amino-alcohol motifs (C(OH)–C–C–N with tert-alkyl or cyclic N) is 1. The molecular formula is C17H26BrF2NO2. The first-order valence-electron chi connectivity index (χ1n) is 7.60. The van der Waals surface area contributed by atoms with Crippen LogP contribution in [0.3, 0.4) is 0 Å². The van der Waals surface area contributed by atoms with Gasteiger partial charge in [0.1, 0.15) is 12.7 Å². The molecular weight excluding hydrogens is 368 g/mol. The average Bonchev–Trinajstić information content (AvgIpc) is 2.32. The molecule has 1 atom stereocenters. The van der Waals surface area contributed by atoms with E-state index in [0.717, 1.165) is 18.6 Å². The Kier molecular flexibility index (Phi) is 6.98. The summed E-state index contributed by atoms with van der Waals surface area (Å²) in [5.41, 5.74) is -0.00498. The molecule has 1 aromatic rings. The molecule has 0 amide bonds. The molecule has 0 saturated heterocycles. The van der Waals surface area contributed by atoms with E-state index in [2.05, 4.69) is 55.9 Å². The Morgan fingerprint density at radius 1 is 1.17 bits per heavy atom. The molecule has 0 unspecified atom stereocenters. The molecule has 1 aromatic carbocycles. The largest absolute Gasteiger partial charge is 0.485 e. The molecule has 0 aliphatic carbocycles. The van der Waals surface area contributed by atoms with Crippen LogP contribution in [0.5, 0.6) is 5.75 Å². The molecule has 1 rings (SSSR count). The molecule has 0 fully saturated rings. The van der Waals surface area contributed by atoms with E-state index in [0.29, 0.717) is 4.47 Å². The van der Waals surface area contributed by atoms with Gasteiger partial charge in [-0.15, -0.1) is 0 Å². The SMILES string of the molecule is CC(C)(C)CC(C)(C)NC[C@@H](O)COc1c(F)cc(Br)cc1F. The summed E-state index contributed by atoms with van der Waals surface area (Å²) < 4.78 is 32.6. The van der Waals surface area contributed by atoms with Crippen LogP contribution in [0.2, 0.25) is 0 Å². The fraction of sp³-hybridized carbons (Fsp3) is 0.647. The second kappa shape index (κ2) is 7.90. The molecule has 0 heterocycles. The first-order valence-corrected chi connectivity index (χ1v) is 8.39. The van der Waals surface area contributed by atoms with Gasteiger partial charge in [-0.1, -0.05) is 36.7 Å². The van der Waals surface area contributed by atoms with Gasteiger partial charge in [-0.3, -0.25) is 0 Å². The molecule has 2 N–H and O–H groups in total. The lowest BCUT2D eigenvalue weighted by Crippen LogP contribution is -2.46. The third-order valence-electron chi connectivity index (χ3n) is 3.17. The lowest BCUT2D eigenvalue weighted by atomic mass is 9.82. The molecule has 0 saturated carbocycles. The molecule has 132 valence electrons. The topological polar surface area (TPSA) is 41.5 Å². The van der Waals surface area contributed by atoms with Gasteiger partial charge >= 0.3 is 0 Å². The maximum Gasteiger partial charge on any atom is 0.190 e. The number of nitrogens with one attached hydrogen (secondary N) is 1. The smallest absolute Gasteiger partial charge is 0.190 e. The summed E-state index contributed by atoms with van der Waals surface area (Å²) in [6.07, 6.45) is 0.0560. The number of aliphatic hydroxyl groups excluding tert-OH is 1. The van der Waals surface area contributed by atoms with E-state index < -0.39 is 23.5 Å². The summed E-state index contributed by atoms with van der Waals surface area (Å²) in [5, 5.41) is 13.2. The summed E-state index contributed by atoms with van der Waals surface area (Å²) in [6.45, 7) is 10.6. The monoisotopic (exact) mass is 393 g/mol. The van der Waals surface area contributed by atoms with Gasteiger partial charge < -0.3 is 15.2 Å². The highest BCUT2D eigenvalue weighted by Crippen LogP contribution is 2.27. The fourth-order valence-electron chi connectivity index (χ4n) is 2.69. The van der Waals surface area contributed by atoms with Gasteiger partial charge in [-0.2, -0.15) is 0 Å². The van der Waals surface area contributed by atoms with Crippen LogP contribution in [-0.2, 0) is 0 Å². The van der Waals surface area contributed by atoms with Crippen molar-refractivity contribution in [2.75, 3.05) is 13.2 Å². The van der Waals surface area contributed by atoms with Crippen molar-refractivity contribution >= 4 is 15.9 Å². The zero-order valence-electron chi connectivity index (χ0n) is 14.3. The minimum Gasteiger partial charge on any atom is -0.485 e. The Labute approximate surface area is 145 Å². The van der Waals surface area contributed by atoms with Crippen molar-refractivity contribution in [3.05, 3.63) is 28.2 Å². The Hall–Kier alpha value is -0.720. The van der Waals surface area contributed by atoms with E-state index in [-0.39, 0.29) is 24.1 Å². The van der Waals surface area contributed by atoms with Crippen LogP contribution in [0, 0.1) is 17.0 Å². The van der Waals surface area contributed by atoms with Crippen LogP contribution in [0.25, 0.3) is 0 Å². The Bertz CT molecular complexity index is 507. The van der Waals surface area contributed by atoms with E-state index in [1.807, 2.05) is 0 Å². The van der Waals surface area contributed by atoms with Crippen molar-refractivity contribution in [3.8, 4) is 5.75 Å². The predicted molar refractivity (Wildman–Crippen MR) is 91.7 cm³/mol. The maximum absolute atomic E-state index is 13.6. The number of hydrogen-bond donors (Lipinski definition) is 2. The van der Waals surface area contributed by atoms with Gasteiger partial charge in [-0.25, -0.2) is 8.78 Å². The van der Waals surface area contributed by atoms with E-state index in [1.54, 1.807) is 0 Å². The van der Waals surface area contributed by atoms with Crippen molar-refractivity contribution < 1.29 is 18.6 Å². The number of benzene rings is 1.